The minimum absolute atomic E-state index is 0.0272. The van der Waals surface area contributed by atoms with E-state index < -0.39 is 0 Å². The van der Waals surface area contributed by atoms with Crippen molar-refractivity contribution in [2.75, 3.05) is 18.1 Å². The van der Waals surface area contributed by atoms with Crippen LogP contribution in [0.25, 0.3) is 0 Å². The van der Waals surface area contributed by atoms with E-state index in [0.29, 0.717) is 24.3 Å². The van der Waals surface area contributed by atoms with E-state index in [0.717, 1.165) is 18.7 Å². The smallest absolute Gasteiger partial charge is 0.230 e. The Kier molecular flexibility index (Phi) is 4.42. The second kappa shape index (κ2) is 6.65. The van der Waals surface area contributed by atoms with Crippen LogP contribution in [0.1, 0.15) is 29.3 Å². The second-order valence-corrected chi connectivity index (χ2v) is 5.60. The molecule has 3 rings (SSSR count). The number of fused-ring (bicyclic) bond motifs is 1. The summed E-state index contributed by atoms with van der Waals surface area (Å²) in [5, 5.41) is 0. The van der Waals surface area contributed by atoms with Crippen LogP contribution in [0.4, 0.5) is 5.69 Å². The molecule has 1 heterocycles. The number of amides is 1. The summed E-state index contributed by atoms with van der Waals surface area (Å²) in [7, 11) is 0. The molecule has 0 unspecified atom stereocenters. The lowest BCUT2D eigenvalue weighted by Crippen LogP contribution is -2.30. The topological polar surface area (TPSA) is 46.6 Å². The van der Waals surface area contributed by atoms with Crippen molar-refractivity contribution < 1.29 is 14.3 Å². The van der Waals surface area contributed by atoms with Crippen LogP contribution in [0.3, 0.4) is 0 Å². The monoisotopic (exact) mass is 309 g/mol. The minimum Gasteiger partial charge on any atom is -0.493 e. The number of ketones is 1. The number of hydrogen-bond donors (Lipinski definition) is 0. The summed E-state index contributed by atoms with van der Waals surface area (Å²) in [5.41, 5.74) is 2.90. The van der Waals surface area contributed by atoms with Gasteiger partial charge in [0, 0.05) is 17.8 Å². The normalized spacial score (nSPS) is 12.8. The molecule has 0 N–H and O–H groups in total. The van der Waals surface area contributed by atoms with Gasteiger partial charge in [-0.15, -0.1) is 0 Å². The van der Waals surface area contributed by atoms with Crippen molar-refractivity contribution in [3.05, 3.63) is 59.7 Å². The molecule has 4 heteroatoms. The Labute approximate surface area is 135 Å². The SMILES string of the molecule is CC(=O)c1ccc(OCCC(=O)N2CCc3ccccc32)cc1. The summed E-state index contributed by atoms with van der Waals surface area (Å²) in [6.45, 7) is 2.60. The number of benzene rings is 2. The molecule has 2 aromatic rings. The van der Waals surface area contributed by atoms with E-state index in [1.165, 1.54) is 12.5 Å². The summed E-state index contributed by atoms with van der Waals surface area (Å²) in [6.07, 6.45) is 1.25. The van der Waals surface area contributed by atoms with E-state index in [-0.39, 0.29) is 11.7 Å². The number of ether oxygens (including phenoxy) is 1. The molecular weight excluding hydrogens is 290 g/mol. The van der Waals surface area contributed by atoms with Gasteiger partial charge in [-0.1, -0.05) is 18.2 Å². The molecule has 23 heavy (non-hydrogen) atoms. The van der Waals surface area contributed by atoms with Crippen LogP contribution in [0, 0.1) is 0 Å². The highest BCUT2D eigenvalue weighted by Gasteiger charge is 2.23. The third-order valence-electron chi connectivity index (χ3n) is 4.03. The number of rotatable bonds is 5. The van der Waals surface area contributed by atoms with Crippen LogP contribution in [0.5, 0.6) is 5.75 Å². The predicted molar refractivity (Wildman–Crippen MR) is 89.1 cm³/mol. The molecule has 2 aromatic carbocycles. The van der Waals surface area contributed by atoms with Crippen molar-refractivity contribution >= 4 is 17.4 Å². The number of hydrogen-bond acceptors (Lipinski definition) is 3. The van der Waals surface area contributed by atoms with E-state index in [2.05, 4.69) is 6.07 Å². The quantitative estimate of drug-likeness (QED) is 0.797. The Morgan fingerprint density at radius 3 is 2.57 bits per heavy atom. The lowest BCUT2D eigenvalue weighted by molar-refractivity contribution is -0.119. The average Bonchev–Trinajstić information content (AvgIpc) is 2.99. The molecule has 1 amide bonds. The van der Waals surface area contributed by atoms with Gasteiger partial charge in [0.25, 0.3) is 0 Å². The Morgan fingerprint density at radius 1 is 1.09 bits per heavy atom. The van der Waals surface area contributed by atoms with Crippen LogP contribution in [0.2, 0.25) is 0 Å². The van der Waals surface area contributed by atoms with E-state index in [9.17, 15) is 9.59 Å². The molecule has 0 spiro atoms. The van der Waals surface area contributed by atoms with E-state index in [1.807, 2.05) is 23.1 Å². The first-order valence-electron chi connectivity index (χ1n) is 7.77. The lowest BCUT2D eigenvalue weighted by Gasteiger charge is -2.17. The maximum atomic E-state index is 12.3. The second-order valence-electron chi connectivity index (χ2n) is 5.60. The fraction of sp³-hybridized carbons (Fsp3) is 0.263. The van der Waals surface area contributed by atoms with E-state index >= 15 is 0 Å². The Bertz CT molecular complexity index is 722. The molecule has 0 aromatic heterocycles. The van der Waals surface area contributed by atoms with Gasteiger partial charge in [0.1, 0.15) is 5.75 Å². The maximum absolute atomic E-state index is 12.3. The summed E-state index contributed by atoms with van der Waals surface area (Å²) in [5.74, 6) is 0.777. The highest BCUT2D eigenvalue weighted by Crippen LogP contribution is 2.27. The first-order valence-corrected chi connectivity index (χ1v) is 7.77. The molecule has 0 radical (unpaired) electrons. The standard InChI is InChI=1S/C19H19NO3/c1-14(21)15-6-8-17(9-7-15)23-13-11-19(22)20-12-10-16-4-2-3-5-18(16)20/h2-9H,10-13H2,1H3. The highest BCUT2D eigenvalue weighted by molar-refractivity contribution is 5.95. The maximum Gasteiger partial charge on any atom is 0.230 e. The van der Waals surface area contributed by atoms with Crippen LogP contribution < -0.4 is 9.64 Å². The zero-order valence-electron chi connectivity index (χ0n) is 13.1. The average molecular weight is 309 g/mol. The van der Waals surface area contributed by atoms with Gasteiger partial charge in [-0.25, -0.2) is 0 Å². The summed E-state index contributed by atoms with van der Waals surface area (Å²) < 4.78 is 5.60. The van der Waals surface area contributed by atoms with Crippen LogP contribution >= 0.6 is 0 Å². The van der Waals surface area contributed by atoms with Crippen LogP contribution in [-0.4, -0.2) is 24.8 Å². The number of carbonyl (C=O) groups excluding carboxylic acids is 2. The fourth-order valence-corrected chi connectivity index (χ4v) is 2.77. The third-order valence-corrected chi connectivity index (χ3v) is 4.03. The van der Waals surface area contributed by atoms with Crippen molar-refractivity contribution in [2.45, 2.75) is 19.8 Å². The van der Waals surface area contributed by atoms with Gasteiger partial charge in [-0.05, 0) is 49.2 Å². The molecule has 0 saturated carbocycles. The lowest BCUT2D eigenvalue weighted by atomic mass is 10.1. The number of anilines is 1. The largest absolute Gasteiger partial charge is 0.493 e. The molecule has 0 bridgehead atoms. The van der Waals surface area contributed by atoms with Gasteiger partial charge in [0.05, 0.1) is 13.0 Å². The van der Waals surface area contributed by atoms with Crippen molar-refractivity contribution in [1.82, 2.24) is 0 Å². The number of para-hydroxylation sites is 1. The van der Waals surface area contributed by atoms with E-state index in [4.69, 9.17) is 4.74 Å². The third kappa shape index (κ3) is 3.42. The van der Waals surface area contributed by atoms with Crippen molar-refractivity contribution in [2.24, 2.45) is 0 Å². The summed E-state index contributed by atoms with van der Waals surface area (Å²) in [6, 6.07) is 15.0. The molecule has 0 atom stereocenters. The highest BCUT2D eigenvalue weighted by atomic mass is 16.5. The van der Waals surface area contributed by atoms with Gasteiger partial charge >= 0.3 is 0 Å². The van der Waals surface area contributed by atoms with Gasteiger partial charge < -0.3 is 9.64 Å². The summed E-state index contributed by atoms with van der Waals surface area (Å²) >= 11 is 0. The molecule has 1 aliphatic heterocycles. The summed E-state index contributed by atoms with van der Waals surface area (Å²) in [4.78, 5) is 25.4. The van der Waals surface area contributed by atoms with Gasteiger partial charge in [0.15, 0.2) is 5.78 Å². The zero-order chi connectivity index (χ0) is 16.2. The Balaban J connectivity index is 1.53. The number of nitrogens with zero attached hydrogens (tertiary/aromatic N) is 1. The van der Waals surface area contributed by atoms with Crippen LogP contribution in [0.15, 0.2) is 48.5 Å². The number of Topliss-reactive ketones (excluding diaryl/α,β-unsaturated/α-hetero) is 1. The molecule has 0 aliphatic carbocycles. The first kappa shape index (κ1) is 15.3. The van der Waals surface area contributed by atoms with Gasteiger partial charge in [-0.3, -0.25) is 9.59 Å². The van der Waals surface area contributed by atoms with Crippen LogP contribution in [-0.2, 0) is 11.2 Å². The molecule has 0 saturated heterocycles. The Morgan fingerprint density at radius 2 is 1.83 bits per heavy atom. The molecule has 4 nitrogen and oxygen atoms in total. The molecular formula is C19H19NO3. The zero-order valence-corrected chi connectivity index (χ0v) is 13.1. The van der Waals surface area contributed by atoms with Gasteiger partial charge in [-0.2, -0.15) is 0 Å². The molecule has 118 valence electrons. The Hall–Kier alpha value is -2.62. The minimum atomic E-state index is 0.0272. The van der Waals surface area contributed by atoms with Gasteiger partial charge in [0.2, 0.25) is 5.91 Å². The molecule has 0 fully saturated rings. The number of carbonyl (C=O) groups is 2. The first-order chi connectivity index (χ1) is 11.1. The van der Waals surface area contributed by atoms with Crippen molar-refractivity contribution in [3.8, 4) is 5.75 Å². The predicted octanol–water partition coefficient (Wildman–Crippen LogP) is 3.25. The van der Waals surface area contributed by atoms with Crippen molar-refractivity contribution in [1.29, 1.82) is 0 Å². The van der Waals surface area contributed by atoms with Crippen molar-refractivity contribution in [3.63, 3.8) is 0 Å². The molecule has 1 aliphatic rings. The van der Waals surface area contributed by atoms with E-state index in [1.54, 1.807) is 24.3 Å². The fourth-order valence-electron chi connectivity index (χ4n) is 2.77.